The quantitative estimate of drug-likeness (QED) is 0.508. The van der Waals surface area contributed by atoms with Crippen molar-refractivity contribution in [2.75, 3.05) is 13.2 Å². The summed E-state index contributed by atoms with van der Waals surface area (Å²) in [6.07, 6.45) is 6.14. The van der Waals surface area contributed by atoms with Gasteiger partial charge in [0.15, 0.2) is 5.11 Å². The van der Waals surface area contributed by atoms with E-state index in [1.54, 1.807) is 6.07 Å². The fourth-order valence-corrected chi connectivity index (χ4v) is 5.28. The van der Waals surface area contributed by atoms with Crippen molar-refractivity contribution in [1.82, 2.24) is 19.8 Å². The molecule has 0 amide bonds. The third-order valence-electron chi connectivity index (χ3n) is 5.87. The van der Waals surface area contributed by atoms with Crippen LogP contribution in [0.25, 0.3) is 5.69 Å². The van der Waals surface area contributed by atoms with E-state index in [-0.39, 0.29) is 18.2 Å². The van der Waals surface area contributed by atoms with Crippen LogP contribution in [0.4, 0.5) is 0 Å². The Morgan fingerprint density at radius 3 is 2.81 bits per heavy atom. The number of benzene rings is 1. The lowest BCUT2D eigenvalue weighted by molar-refractivity contribution is 0.0836. The third-order valence-corrected chi connectivity index (χ3v) is 6.76. The van der Waals surface area contributed by atoms with Gasteiger partial charge in [-0.2, -0.15) is 0 Å². The fourth-order valence-electron chi connectivity index (χ4n) is 4.46. The molecule has 5 nitrogen and oxygen atoms in total. The third kappa shape index (κ3) is 4.05. The molecule has 2 aliphatic heterocycles. The molecule has 5 rings (SSSR count). The van der Waals surface area contributed by atoms with Crippen molar-refractivity contribution in [1.29, 1.82) is 0 Å². The zero-order chi connectivity index (χ0) is 21.4. The van der Waals surface area contributed by atoms with E-state index in [1.807, 2.05) is 48.8 Å². The minimum Gasteiger partial charge on any atom is -0.376 e. The molecule has 3 aromatic rings. The second kappa shape index (κ2) is 8.79. The van der Waals surface area contributed by atoms with Crippen LogP contribution >= 0.6 is 35.4 Å². The molecule has 2 saturated heterocycles. The van der Waals surface area contributed by atoms with E-state index in [0.29, 0.717) is 15.2 Å². The van der Waals surface area contributed by atoms with Gasteiger partial charge < -0.3 is 19.5 Å². The van der Waals surface area contributed by atoms with Crippen molar-refractivity contribution in [2.24, 2.45) is 0 Å². The molecule has 0 spiro atoms. The Kier molecular flexibility index (Phi) is 5.89. The number of thiocarbonyl (C=S) groups is 1. The predicted octanol–water partition coefficient (Wildman–Crippen LogP) is 5.33. The highest BCUT2D eigenvalue weighted by Crippen LogP contribution is 2.41. The number of aromatic nitrogens is 2. The van der Waals surface area contributed by atoms with Gasteiger partial charge in [-0.05, 0) is 67.5 Å². The van der Waals surface area contributed by atoms with Crippen molar-refractivity contribution in [3.8, 4) is 5.69 Å². The summed E-state index contributed by atoms with van der Waals surface area (Å²) in [5.41, 5.74) is 2.89. The number of hydrogen-bond donors (Lipinski definition) is 1. The highest BCUT2D eigenvalue weighted by atomic mass is 35.5. The van der Waals surface area contributed by atoms with E-state index in [2.05, 4.69) is 25.8 Å². The van der Waals surface area contributed by atoms with Crippen molar-refractivity contribution in [2.45, 2.75) is 31.0 Å². The van der Waals surface area contributed by atoms with Gasteiger partial charge in [0.1, 0.15) is 0 Å². The molecule has 1 N–H and O–H groups in total. The number of halogens is 2. The summed E-state index contributed by atoms with van der Waals surface area (Å²) in [6, 6.07) is 15.5. The number of hydrogen-bond acceptors (Lipinski definition) is 3. The second-order valence-corrected chi connectivity index (χ2v) is 9.04. The van der Waals surface area contributed by atoms with Crippen molar-refractivity contribution in [3.05, 3.63) is 82.4 Å². The molecule has 0 radical (unpaired) electrons. The zero-order valence-electron chi connectivity index (χ0n) is 16.7. The zero-order valence-corrected chi connectivity index (χ0v) is 19.1. The summed E-state index contributed by atoms with van der Waals surface area (Å²) in [6.45, 7) is 1.54. The van der Waals surface area contributed by atoms with E-state index in [1.165, 1.54) is 0 Å². The van der Waals surface area contributed by atoms with Gasteiger partial charge in [-0.15, -0.1) is 0 Å². The van der Waals surface area contributed by atoms with E-state index >= 15 is 0 Å². The summed E-state index contributed by atoms with van der Waals surface area (Å²) >= 11 is 18.5. The summed E-state index contributed by atoms with van der Waals surface area (Å²) in [7, 11) is 0. The lowest BCUT2D eigenvalue weighted by Gasteiger charge is -2.30. The van der Waals surface area contributed by atoms with Gasteiger partial charge >= 0.3 is 0 Å². The van der Waals surface area contributed by atoms with Crippen LogP contribution in [0.3, 0.4) is 0 Å². The van der Waals surface area contributed by atoms with Crippen molar-refractivity contribution < 1.29 is 4.74 Å². The molecule has 2 aliphatic rings. The Hall–Kier alpha value is -2.12. The Labute approximate surface area is 196 Å². The molecule has 160 valence electrons. The normalized spacial score (nSPS) is 23.4. The van der Waals surface area contributed by atoms with Crippen LogP contribution in [0.1, 0.15) is 36.3 Å². The SMILES string of the molecule is S=C1NC(c2ccccn2)C(c2cccn2-c2ccc(Cl)cc2Cl)N1CC1CCCO1. The largest absolute Gasteiger partial charge is 0.376 e. The molecular formula is C23H22Cl2N4OS. The number of ether oxygens (including phenoxy) is 1. The first-order valence-electron chi connectivity index (χ1n) is 10.3. The van der Waals surface area contributed by atoms with Crippen LogP contribution in [0, 0.1) is 0 Å². The van der Waals surface area contributed by atoms with Crippen LogP contribution in [0.15, 0.2) is 60.9 Å². The standard InChI is InChI=1S/C23H22Cl2N4OS/c24-15-8-9-19(17(25)13-15)28-11-3-7-20(28)22-21(18-6-1-2-10-26-18)27-23(31)29(22)14-16-5-4-12-30-16/h1-3,6-11,13,16,21-22H,4-5,12,14H2,(H,27,31). The average Bonchev–Trinajstić information content (AvgIpc) is 3.50. The molecule has 3 unspecified atom stereocenters. The van der Waals surface area contributed by atoms with Gasteiger partial charge in [0.25, 0.3) is 0 Å². The van der Waals surface area contributed by atoms with Gasteiger partial charge in [-0.3, -0.25) is 4.98 Å². The first kappa shape index (κ1) is 20.8. The van der Waals surface area contributed by atoms with Crippen LogP contribution < -0.4 is 5.32 Å². The number of nitrogens with zero attached hydrogens (tertiary/aromatic N) is 3. The smallest absolute Gasteiger partial charge is 0.170 e. The molecule has 1 aromatic carbocycles. The first-order valence-corrected chi connectivity index (χ1v) is 11.5. The van der Waals surface area contributed by atoms with Crippen LogP contribution in [-0.4, -0.2) is 38.8 Å². The van der Waals surface area contributed by atoms with Gasteiger partial charge in [0.05, 0.1) is 34.6 Å². The van der Waals surface area contributed by atoms with Gasteiger partial charge in [0.2, 0.25) is 0 Å². The maximum atomic E-state index is 6.56. The highest BCUT2D eigenvalue weighted by Gasteiger charge is 2.42. The van der Waals surface area contributed by atoms with Crippen LogP contribution in [0.2, 0.25) is 10.0 Å². The van der Waals surface area contributed by atoms with E-state index in [9.17, 15) is 0 Å². The summed E-state index contributed by atoms with van der Waals surface area (Å²) in [4.78, 5) is 6.86. The molecule has 0 saturated carbocycles. The summed E-state index contributed by atoms with van der Waals surface area (Å²) in [5.74, 6) is 0. The van der Waals surface area contributed by atoms with Gasteiger partial charge in [-0.25, -0.2) is 0 Å². The minimum atomic E-state index is -0.0881. The molecule has 0 aliphatic carbocycles. The van der Waals surface area contributed by atoms with E-state index in [4.69, 9.17) is 40.2 Å². The molecule has 0 bridgehead atoms. The molecule has 31 heavy (non-hydrogen) atoms. The number of rotatable bonds is 5. The van der Waals surface area contributed by atoms with E-state index in [0.717, 1.165) is 43.1 Å². The predicted molar refractivity (Wildman–Crippen MR) is 127 cm³/mol. The molecule has 3 atom stereocenters. The molecule has 8 heteroatoms. The monoisotopic (exact) mass is 472 g/mol. The topological polar surface area (TPSA) is 42.3 Å². The van der Waals surface area contributed by atoms with Crippen molar-refractivity contribution in [3.63, 3.8) is 0 Å². The summed E-state index contributed by atoms with van der Waals surface area (Å²) < 4.78 is 8.04. The Morgan fingerprint density at radius 1 is 1.16 bits per heavy atom. The lowest BCUT2D eigenvalue weighted by Crippen LogP contribution is -2.36. The maximum absolute atomic E-state index is 6.56. The van der Waals surface area contributed by atoms with Crippen LogP contribution in [0.5, 0.6) is 0 Å². The molecule has 4 heterocycles. The maximum Gasteiger partial charge on any atom is 0.170 e. The van der Waals surface area contributed by atoms with Crippen LogP contribution in [-0.2, 0) is 4.74 Å². The van der Waals surface area contributed by atoms with Gasteiger partial charge in [-0.1, -0.05) is 29.3 Å². The van der Waals surface area contributed by atoms with Crippen molar-refractivity contribution >= 4 is 40.5 Å². The van der Waals surface area contributed by atoms with E-state index < -0.39 is 0 Å². The first-order chi connectivity index (χ1) is 15.1. The molecular weight excluding hydrogens is 451 g/mol. The highest BCUT2D eigenvalue weighted by molar-refractivity contribution is 7.80. The second-order valence-electron chi connectivity index (χ2n) is 7.81. The molecule has 2 fully saturated rings. The Bertz CT molecular complexity index is 1080. The average molecular weight is 473 g/mol. The van der Waals surface area contributed by atoms with Gasteiger partial charge in [0, 0.05) is 36.3 Å². The molecule has 2 aromatic heterocycles. The fraction of sp³-hybridized carbons (Fsp3) is 0.304. The number of nitrogens with one attached hydrogen (secondary N) is 1. The Morgan fingerprint density at radius 2 is 2.06 bits per heavy atom. The Balaban J connectivity index is 1.58. The minimum absolute atomic E-state index is 0.0617. The summed E-state index contributed by atoms with van der Waals surface area (Å²) in [5, 5.41) is 5.43. The number of pyridine rings is 1. The lowest BCUT2D eigenvalue weighted by atomic mass is 10.0.